The van der Waals surface area contributed by atoms with Gasteiger partial charge in [0, 0.05) is 31.8 Å². The van der Waals surface area contributed by atoms with Crippen LogP contribution in [0.5, 0.6) is 17.6 Å². The van der Waals surface area contributed by atoms with Crippen LogP contribution < -0.4 is 14.4 Å². The van der Waals surface area contributed by atoms with Crippen LogP contribution in [0.4, 0.5) is 10.2 Å². The lowest BCUT2D eigenvalue weighted by atomic mass is 10.1. The van der Waals surface area contributed by atoms with Gasteiger partial charge in [-0.2, -0.15) is 20.1 Å². The van der Waals surface area contributed by atoms with E-state index in [2.05, 4.69) is 26.9 Å². The molecule has 0 amide bonds. The molecule has 0 bridgehead atoms. The molecule has 3 aliphatic heterocycles. The molecule has 0 N–H and O–H groups in total. The third kappa shape index (κ3) is 5.68. The largest absolute Gasteiger partial charge is 0.462 e. The third-order valence-electron chi connectivity index (χ3n) is 8.69. The lowest BCUT2D eigenvalue weighted by Gasteiger charge is -2.29. The molecule has 3 fully saturated rings. The van der Waals surface area contributed by atoms with Gasteiger partial charge in [0.2, 0.25) is 5.88 Å². The number of nitrogens with zero attached hydrogens (tertiary/aromatic N) is 7. The molecule has 0 aliphatic carbocycles. The van der Waals surface area contributed by atoms with Crippen molar-refractivity contribution in [1.29, 1.82) is 0 Å². The Morgan fingerprint density at radius 2 is 1.84 bits per heavy atom. The molecule has 0 radical (unpaired) electrons. The zero-order valence-electron chi connectivity index (χ0n) is 24.1. The maximum atomic E-state index is 15.3. The molecular weight excluding hydrogens is 596 g/mol. The minimum Gasteiger partial charge on any atom is -0.462 e. The van der Waals surface area contributed by atoms with E-state index in [0.717, 1.165) is 64.6 Å². The van der Waals surface area contributed by atoms with Gasteiger partial charge in [0.1, 0.15) is 33.9 Å². The van der Waals surface area contributed by atoms with Gasteiger partial charge in [0.05, 0.1) is 22.5 Å². The summed E-state index contributed by atoms with van der Waals surface area (Å²) in [5.74, 6) is 0.247. The van der Waals surface area contributed by atoms with Crippen molar-refractivity contribution in [2.75, 3.05) is 44.8 Å². The molecule has 3 aromatic heterocycles. The molecule has 1 unspecified atom stereocenters. The van der Waals surface area contributed by atoms with Crippen molar-refractivity contribution in [3.05, 3.63) is 34.3 Å². The van der Waals surface area contributed by atoms with E-state index < -0.39 is 5.82 Å². The number of rotatable bonds is 7. The first-order valence-electron chi connectivity index (χ1n) is 15.1. The molecule has 43 heavy (non-hydrogen) atoms. The predicted molar refractivity (Wildman–Crippen MR) is 163 cm³/mol. The first-order valence-corrected chi connectivity index (χ1v) is 15.8. The van der Waals surface area contributed by atoms with Gasteiger partial charge in [-0.1, -0.05) is 23.2 Å². The monoisotopic (exact) mass is 629 g/mol. The van der Waals surface area contributed by atoms with Gasteiger partial charge in [-0.3, -0.25) is 0 Å². The number of benzene rings is 1. The summed E-state index contributed by atoms with van der Waals surface area (Å²) in [5.41, 5.74) is 0.926. The number of anilines is 1. The molecular formula is C30H34Cl2FN7O3. The number of aromatic nitrogens is 5. The number of piperidine rings is 1. The number of fused-ring (bicyclic) bond motifs is 2. The van der Waals surface area contributed by atoms with Gasteiger partial charge < -0.3 is 24.0 Å². The van der Waals surface area contributed by atoms with Crippen molar-refractivity contribution in [3.8, 4) is 17.6 Å². The van der Waals surface area contributed by atoms with Crippen molar-refractivity contribution in [1.82, 2.24) is 29.6 Å². The highest BCUT2D eigenvalue weighted by molar-refractivity contribution is 6.33. The minimum atomic E-state index is -0.638. The van der Waals surface area contributed by atoms with Crippen LogP contribution >= 0.6 is 23.2 Å². The van der Waals surface area contributed by atoms with Gasteiger partial charge in [-0.15, -0.1) is 0 Å². The number of ether oxygens (including phenoxy) is 3. The van der Waals surface area contributed by atoms with Crippen molar-refractivity contribution in [2.45, 2.75) is 63.6 Å². The summed E-state index contributed by atoms with van der Waals surface area (Å²) in [5, 5.41) is 5.74. The van der Waals surface area contributed by atoms with E-state index in [1.807, 2.05) is 0 Å². The maximum absolute atomic E-state index is 15.3. The van der Waals surface area contributed by atoms with Crippen LogP contribution in [0.3, 0.4) is 0 Å². The number of likely N-dealkylation sites (N-methyl/N-ethyl adjacent to an activating group) is 1. The fourth-order valence-corrected chi connectivity index (χ4v) is 6.70. The zero-order valence-corrected chi connectivity index (χ0v) is 25.6. The number of likely N-dealkylation sites (tertiary alicyclic amines) is 1. The molecule has 2 atom stereocenters. The zero-order chi connectivity index (χ0) is 29.5. The number of hydrogen-bond donors (Lipinski definition) is 0. The Morgan fingerprint density at radius 1 is 0.977 bits per heavy atom. The second-order valence-corrected chi connectivity index (χ2v) is 12.3. The Bertz CT molecular complexity index is 1640. The lowest BCUT2D eigenvalue weighted by molar-refractivity contribution is -0.0366. The van der Waals surface area contributed by atoms with Crippen LogP contribution in [0.25, 0.3) is 21.8 Å². The Labute approximate surface area is 259 Å². The summed E-state index contributed by atoms with van der Waals surface area (Å²) in [6, 6.07) is 3.63. The van der Waals surface area contributed by atoms with Crippen molar-refractivity contribution in [3.63, 3.8) is 0 Å². The van der Waals surface area contributed by atoms with E-state index in [-0.39, 0.29) is 34.0 Å². The Balaban J connectivity index is 1.32. The second-order valence-electron chi connectivity index (χ2n) is 11.6. The normalized spacial score (nSPS) is 21.6. The minimum absolute atomic E-state index is 0.0847. The number of pyridine rings is 1. The van der Waals surface area contributed by atoms with Crippen LogP contribution in [0.1, 0.15) is 57.6 Å². The van der Waals surface area contributed by atoms with Crippen molar-refractivity contribution >= 4 is 50.8 Å². The van der Waals surface area contributed by atoms with Gasteiger partial charge in [0.25, 0.3) is 0 Å². The molecule has 6 heterocycles. The van der Waals surface area contributed by atoms with Crippen LogP contribution in [-0.4, -0.2) is 75.6 Å². The second kappa shape index (κ2) is 12.2. The standard InChI is InChI=1S/C30H34Cl2FN7O3/c1-38-10-7-8-18(38)17-42-30-36-26-19(28(37-30)39-11-4-2-5-12-39)14-23(31)35-29(26)43-27-20-16-34-40(24-9-3-6-13-41-24)22(20)15-21(33)25(27)32/h14-16,18,24H,2-13,17H2,1H3/t18-,24?/m0/s1. The van der Waals surface area contributed by atoms with Crippen molar-refractivity contribution < 1.29 is 18.6 Å². The molecule has 7 rings (SSSR count). The summed E-state index contributed by atoms with van der Waals surface area (Å²) >= 11 is 13.1. The predicted octanol–water partition coefficient (Wildman–Crippen LogP) is 6.78. The first kappa shape index (κ1) is 28.8. The Morgan fingerprint density at radius 3 is 2.60 bits per heavy atom. The molecule has 0 saturated carbocycles. The van der Waals surface area contributed by atoms with Gasteiger partial charge in [-0.05, 0) is 71.0 Å². The van der Waals surface area contributed by atoms with Crippen molar-refractivity contribution in [2.24, 2.45) is 0 Å². The molecule has 10 nitrogen and oxygen atoms in total. The quantitative estimate of drug-likeness (QED) is 0.205. The fraction of sp³-hybridized carbons (Fsp3) is 0.533. The highest BCUT2D eigenvalue weighted by Gasteiger charge is 2.27. The summed E-state index contributed by atoms with van der Waals surface area (Å²) < 4.78 is 35.4. The van der Waals surface area contributed by atoms with Gasteiger partial charge in [0.15, 0.2) is 12.0 Å². The van der Waals surface area contributed by atoms with E-state index >= 15 is 4.39 Å². The Hall–Kier alpha value is -2.99. The smallest absolute Gasteiger partial charge is 0.319 e. The van der Waals surface area contributed by atoms with E-state index in [1.165, 1.54) is 12.5 Å². The molecule has 228 valence electrons. The molecule has 0 spiro atoms. The molecule has 4 aromatic rings. The number of hydrogen-bond acceptors (Lipinski definition) is 9. The Kier molecular flexibility index (Phi) is 8.15. The SMILES string of the molecule is CN1CCC[C@H]1COc1nc(N2CCCCC2)c2cc(Cl)nc(Oc3c(Cl)c(F)cc4c3cnn4C3CCCCO3)c2n1. The van der Waals surface area contributed by atoms with Crippen LogP contribution in [0.15, 0.2) is 18.3 Å². The summed E-state index contributed by atoms with van der Waals surface area (Å²) in [7, 11) is 2.10. The third-order valence-corrected chi connectivity index (χ3v) is 9.24. The van der Waals surface area contributed by atoms with E-state index in [9.17, 15) is 0 Å². The first-order chi connectivity index (χ1) is 21.0. The fourth-order valence-electron chi connectivity index (χ4n) is 6.32. The topological polar surface area (TPSA) is 90.7 Å². The summed E-state index contributed by atoms with van der Waals surface area (Å²) in [4.78, 5) is 18.6. The van der Waals surface area contributed by atoms with Crippen LogP contribution in [-0.2, 0) is 4.74 Å². The van der Waals surface area contributed by atoms with Gasteiger partial charge >= 0.3 is 6.01 Å². The lowest BCUT2D eigenvalue weighted by Crippen LogP contribution is -2.32. The average Bonchev–Trinajstić information content (AvgIpc) is 3.64. The molecule has 1 aromatic carbocycles. The maximum Gasteiger partial charge on any atom is 0.319 e. The molecule has 3 saturated heterocycles. The molecule has 13 heteroatoms. The van der Waals surface area contributed by atoms with E-state index in [1.54, 1.807) is 16.9 Å². The van der Waals surface area contributed by atoms with Crippen LogP contribution in [0.2, 0.25) is 10.2 Å². The summed E-state index contributed by atoms with van der Waals surface area (Å²) in [6.07, 6.45) is 9.58. The highest BCUT2D eigenvalue weighted by Crippen LogP contribution is 2.42. The molecule has 3 aliphatic rings. The van der Waals surface area contributed by atoms with E-state index in [0.29, 0.717) is 46.9 Å². The van der Waals surface area contributed by atoms with Gasteiger partial charge in [-0.25, -0.2) is 9.07 Å². The summed E-state index contributed by atoms with van der Waals surface area (Å²) in [6.45, 7) is 3.85. The number of halogens is 3. The highest BCUT2D eigenvalue weighted by atomic mass is 35.5. The average molecular weight is 631 g/mol. The van der Waals surface area contributed by atoms with Crippen LogP contribution in [0, 0.1) is 5.82 Å². The van der Waals surface area contributed by atoms with E-state index in [4.69, 9.17) is 47.4 Å².